The Kier molecular flexibility index (Phi) is 3.21. The van der Waals surface area contributed by atoms with E-state index in [1.54, 1.807) is 0 Å². The summed E-state index contributed by atoms with van der Waals surface area (Å²) >= 11 is 0. The molecule has 2 fully saturated rings. The Labute approximate surface area is 153 Å². The first-order valence-corrected chi connectivity index (χ1v) is 9.52. The van der Waals surface area contributed by atoms with Gasteiger partial charge in [0, 0.05) is 30.4 Å². The van der Waals surface area contributed by atoms with E-state index in [2.05, 4.69) is 23.2 Å². The quantitative estimate of drug-likeness (QED) is 0.655. The van der Waals surface area contributed by atoms with E-state index in [4.69, 9.17) is 4.74 Å². The van der Waals surface area contributed by atoms with Crippen molar-refractivity contribution in [3.8, 4) is 0 Å². The van der Waals surface area contributed by atoms with Crippen molar-refractivity contribution in [3.05, 3.63) is 41.5 Å². The molecule has 1 aromatic carbocycles. The first-order chi connectivity index (χ1) is 12.6. The summed E-state index contributed by atoms with van der Waals surface area (Å²) in [5.74, 6) is 0.107. The van der Waals surface area contributed by atoms with Crippen molar-refractivity contribution < 1.29 is 14.3 Å². The van der Waals surface area contributed by atoms with Gasteiger partial charge in [-0.05, 0) is 37.3 Å². The molecule has 0 amide bonds. The van der Waals surface area contributed by atoms with Crippen LogP contribution in [0.1, 0.15) is 36.5 Å². The van der Waals surface area contributed by atoms with Crippen molar-refractivity contribution in [2.75, 3.05) is 25.5 Å². The van der Waals surface area contributed by atoms with Crippen molar-refractivity contribution >= 4 is 17.4 Å². The van der Waals surface area contributed by atoms with E-state index in [0.29, 0.717) is 24.3 Å². The van der Waals surface area contributed by atoms with Gasteiger partial charge in [-0.2, -0.15) is 0 Å². The molecule has 1 spiro atoms. The smallest absolute Gasteiger partial charge is 0.316 e. The van der Waals surface area contributed by atoms with Gasteiger partial charge in [-0.15, -0.1) is 0 Å². The molecule has 5 atom stereocenters. The fourth-order valence-electron chi connectivity index (χ4n) is 6.19. The summed E-state index contributed by atoms with van der Waals surface area (Å²) in [6, 6.07) is 7.58. The van der Waals surface area contributed by atoms with Crippen LogP contribution in [-0.4, -0.2) is 48.4 Å². The molecule has 1 aliphatic carbocycles. The maximum Gasteiger partial charge on any atom is 0.316 e. The van der Waals surface area contributed by atoms with Gasteiger partial charge in [-0.25, -0.2) is 0 Å². The number of nitrogens with zero attached hydrogens (tertiary/aromatic N) is 1. The van der Waals surface area contributed by atoms with Gasteiger partial charge in [0.25, 0.3) is 0 Å². The molecule has 6 rings (SSSR count). The van der Waals surface area contributed by atoms with Gasteiger partial charge in [-0.1, -0.05) is 30.7 Å². The fourth-order valence-corrected chi connectivity index (χ4v) is 6.19. The molecule has 4 heterocycles. The van der Waals surface area contributed by atoms with Crippen molar-refractivity contribution in [2.45, 2.75) is 37.8 Å². The molecule has 136 valence electrons. The number of benzene rings is 1. The third kappa shape index (κ3) is 1.65. The fraction of sp³-hybridized carbons (Fsp3) is 0.524. The third-order valence-corrected chi connectivity index (χ3v) is 7.09. The molecule has 5 nitrogen and oxygen atoms in total. The summed E-state index contributed by atoms with van der Waals surface area (Å²) in [6.45, 7) is 3.94. The predicted octanol–water partition coefficient (Wildman–Crippen LogP) is 2.64. The molecule has 5 aliphatic rings. The summed E-state index contributed by atoms with van der Waals surface area (Å²) in [5, 5.41) is 3.54. The SMILES string of the molecule is CCC1=CC2CN3CCC4(Nc5ccccc5C4=O)C(C(=O)OC)(C2)C13. The minimum absolute atomic E-state index is 0.0514. The van der Waals surface area contributed by atoms with Gasteiger partial charge in [-0.3, -0.25) is 14.5 Å². The number of esters is 1. The standard InChI is InChI=1S/C21H24N2O3/c1-3-14-10-13-11-20(19(25)26-2)17(14)23(12-13)9-8-21(20)18(24)15-6-4-5-7-16(15)22-21/h4-7,10,13,17,22H,3,8-9,11-12H2,1-2H3. The Bertz CT molecular complexity index is 847. The number of carbonyl (C=O) groups is 2. The number of piperidine rings is 2. The first-order valence-electron chi connectivity index (χ1n) is 9.52. The number of ketones is 1. The van der Waals surface area contributed by atoms with E-state index >= 15 is 0 Å². The van der Waals surface area contributed by atoms with Crippen LogP contribution >= 0.6 is 0 Å². The highest BCUT2D eigenvalue weighted by Gasteiger charge is 2.73. The summed E-state index contributed by atoms with van der Waals surface area (Å²) in [4.78, 5) is 29.4. The number of methoxy groups -OCH3 is 1. The van der Waals surface area contributed by atoms with Crippen LogP contribution in [0.4, 0.5) is 5.69 Å². The van der Waals surface area contributed by atoms with E-state index in [9.17, 15) is 9.59 Å². The van der Waals surface area contributed by atoms with Crippen molar-refractivity contribution in [3.63, 3.8) is 0 Å². The first kappa shape index (κ1) is 16.1. The molecule has 5 unspecified atom stereocenters. The van der Waals surface area contributed by atoms with Crippen LogP contribution in [0.15, 0.2) is 35.9 Å². The lowest BCUT2D eigenvalue weighted by Crippen LogP contribution is -2.77. The van der Waals surface area contributed by atoms with Crippen LogP contribution in [0.2, 0.25) is 0 Å². The van der Waals surface area contributed by atoms with E-state index in [0.717, 1.165) is 25.2 Å². The van der Waals surface area contributed by atoms with Crippen molar-refractivity contribution in [2.24, 2.45) is 11.3 Å². The van der Waals surface area contributed by atoms with Crippen LogP contribution in [-0.2, 0) is 9.53 Å². The number of anilines is 1. The third-order valence-electron chi connectivity index (χ3n) is 7.09. The van der Waals surface area contributed by atoms with Gasteiger partial charge in [0.1, 0.15) is 11.0 Å². The summed E-state index contributed by atoms with van der Waals surface area (Å²) in [6.07, 6.45) is 4.55. The lowest BCUT2D eigenvalue weighted by Gasteiger charge is -2.64. The van der Waals surface area contributed by atoms with Crippen LogP contribution in [0.25, 0.3) is 0 Å². The molecule has 4 aliphatic heterocycles. The molecule has 0 radical (unpaired) electrons. The number of carbonyl (C=O) groups excluding carboxylic acids is 2. The zero-order valence-corrected chi connectivity index (χ0v) is 15.2. The maximum atomic E-state index is 13.7. The summed E-state index contributed by atoms with van der Waals surface area (Å²) < 4.78 is 5.36. The number of hydrogen-bond acceptors (Lipinski definition) is 5. The Morgan fingerprint density at radius 3 is 2.92 bits per heavy atom. The molecule has 5 heteroatoms. The molecular weight excluding hydrogens is 328 g/mol. The predicted molar refractivity (Wildman–Crippen MR) is 98.0 cm³/mol. The van der Waals surface area contributed by atoms with Gasteiger partial charge < -0.3 is 10.1 Å². The molecule has 0 saturated carbocycles. The van der Waals surface area contributed by atoms with E-state index in [1.807, 2.05) is 24.3 Å². The van der Waals surface area contributed by atoms with E-state index in [-0.39, 0.29) is 17.8 Å². The molecule has 2 saturated heterocycles. The molecular formula is C21H24N2O3. The number of Topliss-reactive ketones (excluding diaryl/α,β-unsaturated/α-hetero) is 1. The second-order valence-corrected chi connectivity index (χ2v) is 8.07. The zero-order valence-electron chi connectivity index (χ0n) is 15.2. The lowest BCUT2D eigenvalue weighted by atomic mass is 9.50. The Balaban J connectivity index is 1.74. The Hall–Kier alpha value is -2.14. The second kappa shape index (κ2) is 5.19. The number of para-hydroxylation sites is 1. The van der Waals surface area contributed by atoms with Gasteiger partial charge in [0.2, 0.25) is 0 Å². The minimum atomic E-state index is -0.904. The maximum absolute atomic E-state index is 13.7. The summed E-state index contributed by atoms with van der Waals surface area (Å²) in [5.41, 5.74) is 1.06. The molecule has 1 aromatic rings. The summed E-state index contributed by atoms with van der Waals surface area (Å²) in [7, 11) is 1.45. The number of hydrogen-bond donors (Lipinski definition) is 1. The highest BCUT2D eigenvalue weighted by Crippen LogP contribution is 2.61. The van der Waals surface area contributed by atoms with Crippen LogP contribution < -0.4 is 5.32 Å². The number of rotatable bonds is 2. The second-order valence-electron chi connectivity index (χ2n) is 8.07. The van der Waals surface area contributed by atoms with Crippen LogP contribution in [0, 0.1) is 11.3 Å². The van der Waals surface area contributed by atoms with Gasteiger partial charge in [0.15, 0.2) is 5.78 Å². The van der Waals surface area contributed by atoms with E-state index < -0.39 is 11.0 Å². The highest BCUT2D eigenvalue weighted by molar-refractivity contribution is 6.16. The van der Waals surface area contributed by atoms with Gasteiger partial charge in [0.05, 0.1) is 7.11 Å². The Morgan fingerprint density at radius 1 is 1.38 bits per heavy atom. The molecule has 26 heavy (non-hydrogen) atoms. The average molecular weight is 352 g/mol. The topological polar surface area (TPSA) is 58.6 Å². The van der Waals surface area contributed by atoms with E-state index in [1.165, 1.54) is 12.7 Å². The van der Waals surface area contributed by atoms with Crippen LogP contribution in [0.5, 0.6) is 0 Å². The average Bonchev–Trinajstić information content (AvgIpc) is 2.97. The number of ether oxygens (including phenoxy) is 1. The largest absolute Gasteiger partial charge is 0.468 e. The van der Waals surface area contributed by atoms with Crippen molar-refractivity contribution in [1.82, 2.24) is 4.90 Å². The highest BCUT2D eigenvalue weighted by atomic mass is 16.5. The zero-order chi connectivity index (χ0) is 18.1. The monoisotopic (exact) mass is 352 g/mol. The Morgan fingerprint density at radius 2 is 2.19 bits per heavy atom. The molecule has 1 N–H and O–H groups in total. The van der Waals surface area contributed by atoms with Crippen molar-refractivity contribution in [1.29, 1.82) is 0 Å². The lowest BCUT2D eigenvalue weighted by molar-refractivity contribution is -0.173. The minimum Gasteiger partial charge on any atom is -0.468 e. The number of nitrogens with one attached hydrogen (secondary N) is 1. The molecule has 0 aromatic heterocycles. The molecule has 4 bridgehead atoms. The number of fused-ring (bicyclic) bond motifs is 1. The normalized spacial score (nSPS) is 39.4. The van der Waals surface area contributed by atoms with Gasteiger partial charge >= 0.3 is 5.97 Å². The van der Waals surface area contributed by atoms with Crippen LogP contribution in [0.3, 0.4) is 0 Å².